The predicted octanol–water partition coefficient (Wildman–Crippen LogP) is 6.62. The molecule has 34 heavy (non-hydrogen) atoms. The number of hydrogen-bond acceptors (Lipinski definition) is 4. The molecule has 1 aromatic carbocycles. The van der Waals surface area contributed by atoms with Crippen molar-refractivity contribution >= 4 is 23.1 Å². The van der Waals surface area contributed by atoms with E-state index in [4.69, 9.17) is 0 Å². The van der Waals surface area contributed by atoms with Gasteiger partial charge in [0, 0.05) is 43.4 Å². The number of carbonyl (C=O) groups is 4. The smallest absolute Gasteiger partial charge is 0.139 e. The highest BCUT2D eigenvalue weighted by molar-refractivity contribution is 5.89. The monoisotopic (exact) mass is 472 g/mol. The van der Waals surface area contributed by atoms with Crippen LogP contribution in [0.15, 0.2) is 24.3 Å². The van der Waals surface area contributed by atoms with Gasteiger partial charge in [-0.25, -0.2) is 4.39 Å². The van der Waals surface area contributed by atoms with Gasteiger partial charge in [0.05, 0.1) is 0 Å². The maximum atomic E-state index is 13.3. The zero-order chi connectivity index (χ0) is 25.4. The van der Waals surface area contributed by atoms with Crippen LogP contribution in [0.2, 0.25) is 0 Å². The van der Waals surface area contributed by atoms with Crippen LogP contribution >= 0.6 is 0 Å². The molecule has 0 amide bonds. The Balaban J connectivity index is 1.91. The highest BCUT2D eigenvalue weighted by Gasteiger charge is 2.42. The van der Waals surface area contributed by atoms with Crippen LogP contribution in [0.25, 0.3) is 0 Å². The van der Waals surface area contributed by atoms with Crippen LogP contribution < -0.4 is 0 Å². The molecule has 4 nitrogen and oxygen atoms in total. The number of rotatable bonds is 13. The number of ketones is 4. The van der Waals surface area contributed by atoms with E-state index in [1.54, 1.807) is 19.1 Å². The maximum Gasteiger partial charge on any atom is 0.139 e. The fraction of sp³-hybridized carbons (Fsp3) is 0.655. The fourth-order valence-electron chi connectivity index (χ4n) is 4.86. The van der Waals surface area contributed by atoms with Gasteiger partial charge < -0.3 is 4.79 Å². The molecule has 1 saturated carbocycles. The van der Waals surface area contributed by atoms with Gasteiger partial charge in [-0.3, -0.25) is 14.4 Å². The number of halogens is 1. The van der Waals surface area contributed by atoms with Crippen LogP contribution in [-0.4, -0.2) is 23.1 Å². The van der Waals surface area contributed by atoms with E-state index in [0.717, 1.165) is 12.0 Å². The van der Waals surface area contributed by atoms with E-state index in [9.17, 15) is 23.6 Å². The summed E-state index contributed by atoms with van der Waals surface area (Å²) in [5.41, 5.74) is 0.456. The average Bonchev–Trinajstić information content (AvgIpc) is 2.79. The molecule has 0 atom stereocenters. The molecule has 0 aromatic heterocycles. The molecule has 188 valence electrons. The van der Waals surface area contributed by atoms with Gasteiger partial charge in [-0.2, -0.15) is 0 Å². The Labute approximate surface area is 204 Å². The molecule has 1 aliphatic carbocycles. The minimum Gasteiger partial charge on any atom is -0.300 e. The number of benzene rings is 1. The third-order valence-electron chi connectivity index (χ3n) is 7.30. The lowest BCUT2D eigenvalue weighted by Gasteiger charge is -2.39. The number of aryl methyl sites for hydroxylation is 1. The van der Waals surface area contributed by atoms with Crippen molar-refractivity contribution in [1.82, 2.24) is 0 Å². The minimum absolute atomic E-state index is 0.0673. The highest BCUT2D eigenvalue weighted by Crippen LogP contribution is 2.45. The van der Waals surface area contributed by atoms with Gasteiger partial charge in [-0.15, -0.1) is 0 Å². The number of hydrogen-bond donors (Lipinski definition) is 0. The van der Waals surface area contributed by atoms with Gasteiger partial charge >= 0.3 is 0 Å². The van der Waals surface area contributed by atoms with Crippen molar-refractivity contribution in [3.05, 3.63) is 35.6 Å². The summed E-state index contributed by atoms with van der Waals surface area (Å²) < 4.78 is 13.2. The topological polar surface area (TPSA) is 68.3 Å². The van der Waals surface area contributed by atoms with E-state index < -0.39 is 5.41 Å². The Kier molecular flexibility index (Phi) is 10.3. The molecule has 0 aliphatic heterocycles. The summed E-state index contributed by atoms with van der Waals surface area (Å²) in [4.78, 5) is 49.9. The van der Waals surface area contributed by atoms with Crippen molar-refractivity contribution in [3.63, 3.8) is 0 Å². The molecule has 5 heteroatoms. The largest absolute Gasteiger partial charge is 0.300 e. The lowest BCUT2D eigenvalue weighted by atomic mass is 9.64. The third-order valence-corrected chi connectivity index (χ3v) is 7.30. The van der Waals surface area contributed by atoms with Gasteiger partial charge in [0.15, 0.2) is 0 Å². The van der Waals surface area contributed by atoms with Crippen LogP contribution in [0.1, 0.15) is 104 Å². The predicted molar refractivity (Wildman–Crippen MR) is 132 cm³/mol. The summed E-state index contributed by atoms with van der Waals surface area (Å²) in [5.74, 6) is 0.0746. The van der Waals surface area contributed by atoms with Gasteiger partial charge in [0.1, 0.15) is 29.0 Å². The normalized spacial score (nSPS) is 20.7. The maximum absolute atomic E-state index is 13.3. The van der Waals surface area contributed by atoms with E-state index in [1.807, 2.05) is 0 Å². The molecule has 0 spiro atoms. The molecular formula is C29H41FO4. The van der Waals surface area contributed by atoms with Crippen molar-refractivity contribution in [2.24, 2.45) is 16.7 Å². The van der Waals surface area contributed by atoms with E-state index in [0.29, 0.717) is 64.2 Å². The third kappa shape index (κ3) is 9.23. The lowest BCUT2D eigenvalue weighted by molar-refractivity contribution is -0.135. The summed E-state index contributed by atoms with van der Waals surface area (Å²) in [6.07, 6.45) is 6.19. The van der Waals surface area contributed by atoms with E-state index in [1.165, 1.54) is 12.1 Å². The van der Waals surface area contributed by atoms with E-state index in [-0.39, 0.29) is 46.7 Å². The van der Waals surface area contributed by atoms with Crippen molar-refractivity contribution in [1.29, 1.82) is 0 Å². The van der Waals surface area contributed by atoms with Crippen molar-refractivity contribution in [2.75, 3.05) is 0 Å². The summed E-state index contributed by atoms with van der Waals surface area (Å²) in [6, 6.07) is 6.19. The molecular weight excluding hydrogens is 431 g/mol. The second-order valence-electron chi connectivity index (χ2n) is 11.4. The zero-order valence-electron chi connectivity index (χ0n) is 21.4. The first kappa shape index (κ1) is 28.1. The molecule has 0 N–H and O–H groups in total. The Morgan fingerprint density at radius 1 is 0.912 bits per heavy atom. The standard InChI is InChI=1S/C29H41FO4/c1-21(31)13-18-29(27(34)12-7-22-5-8-24(30)9-6-22)19-14-23(15-20-29)26(33)11-10-25(32)16-17-28(2,3)4/h5-6,8-9,23H,7,10-20H2,1-4H3. The van der Waals surface area contributed by atoms with Crippen LogP contribution in [0.3, 0.4) is 0 Å². The Morgan fingerprint density at radius 3 is 2.09 bits per heavy atom. The van der Waals surface area contributed by atoms with Crippen molar-refractivity contribution in [3.8, 4) is 0 Å². The minimum atomic E-state index is -0.564. The molecule has 1 fully saturated rings. The summed E-state index contributed by atoms with van der Waals surface area (Å²) in [7, 11) is 0. The average molecular weight is 473 g/mol. The van der Waals surface area contributed by atoms with Gasteiger partial charge in [-0.1, -0.05) is 32.9 Å². The first-order chi connectivity index (χ1) is 15.9. The molecule has 0 unspecified atom stereocenters. The lowest BCUT2D eigenvalue weighted by Crippen LogP contribution is -2.38. The second kappa shape index (κ2) is 12.5. The van der Waals surface area contributed by atoms with Gasteiger partial charge in [-0.05, 0) is 75.0 Å². The molecule has 1 aromatic rings. The number of Topliss-reactive ketones (excluding diaryl/α,β-unsaturated/α-hetero) is 4. The zero-order valence-corrected chi connectivity index (χ0v) is 21.4. The molecule has 2 rings (SSSR count). The Bertz CT molecular complexity index is 855. The molecule has 0 bridgehead atoms. The van der Waals surface area contributed by atoms with Gasteiger partial charge in [0.2, 0.25) is 0 Å². The fourth-order valence-corrected chi connectivity index (χ4v) is 4.86. The van der Waals surface area contributed by atoms with Crippen LogP contribution in [0, 0.1) is 22.6 Å². The van der Waals surface area contributed by atoms with Crippen LogP contribution in [0.4, 0.5) is 4.39 Å². The van der Waals surface area contributed by atoms with Crippen molar-refractivity contribution < 1.29 is 23.6 Å². The van der Waals surface area contributed by atoms with Crippen LogP contribution in [0.5, 0.6) is 0 Å². The SMILES string of the molecule is CC(=O)CCC1(C(=O)CCc2ccc(F)cc2)CCC(C(=O)CCC(=O)CCC(C)(C)C)CC1. The first-order valence-electron chi connectivity index (χ1n) is 12.7. The second-order valence-corrected chi connectivity index (χ2v) is 11.4. The first-order valence-corrected chi connectivity index (χ1v) is 12.7. The molecule has 1 aliphatic rings. The Hall–Kier alpha value is -2.17. The summed E-state index contributed by atoms with van der Waals surface area (Å²) in [5, 5.41) is 0. The Morgan fingerprint density at radius 2 is 1.53 bits per heavy atom. The van der Waals surface area contributed by atoms with Crippen molar-refractivity contribution in [2.45, 2.75) is 105 Å². The van der Waals surface area contributed by atoms with Gasteiger partial charge in [0.25, 0.3) is 0 Å². The van der Waals surface area contributed by atoms with E-state index >= 15 is 0 Å². The summed E-state index contributed by atoms with van der Waals surface area (Å²) in [6.45, 7) is 7.86. The molecule has 0 heterocycles. The summed E-state index contributed by atoms with van der Waals surface area (Å²) >= 11 is 0. The quantitative estimate of drug-likeness (QED) is 0.324. The van der Waals surface area contributed by atoms with Crippen LogP contribution in [-0.2, 0) is 25.6 Å². The highest BCUT2D eigenvalue weighted by atomic mass is 19.1. The molecule has 0 saturated heterocycles. The van der Waals surface area contributed by atoms with E-state index in [2.05, 4.69) is 20.8 Å². The molecule has 0 radical (unpaired) electrons. The number of carbonyl (C=O) groups excluding carboxylic acids is 4.